The first-order chi connectivity index (χ1) is 4.86. The highest BCUT2D eigenvalue weighted by Crippen LogP contribution is 2.35. The molecule has 0 aromatic carbocycles. The molecular formula is C8H16ClNO. The van der Waals surface area contributed by atoms with Crippen LogP contribution in [-0.4, -0.2) is 23.8 Å². The van der Waals surface area contributed by atoms with E-state index in [1.165, 1.54) is 12.8 Å². The average Bonchev–Trinajstić information content (AvgIpc) is 2.68. The van der Waals surface area contributed by atoms with Crippen molar-refractivity contribution < 1.29 is 5.11 Å². The maximum absolute atomic E-state index is 9.32. The summed E-state index contributed by atoms with van der Waals surface area (Å²) in [6, 6.07) is 0.642. The van der Waals surface area contributed by atoms with Crippen LogP contribution in [0.1, 0.15) is 25.7 Å². The highest BCUT2D eigenvalue weighted by atomic mass is 35.5. The van der Waals surface area contributed by atoms with Crippen LogP contribution in [0.15, 0.2) is 0 Å². The summed E-state index contributed by atoms with van der Waals surface area (Å²) < 4.78 is 0. The minimum atomic E-state index is -0.0214. The first-order valence-electron chi connectivity index (χ1n) is 4.28. The van der Waals surface area contributed by atoms with Gasteiger partial charge in [0.15, 0.2) is 0 Å². The Morgan fingerprint density at radius 3 is 2.45 bits per heavy atom. The molecule has 0 spiro atoms. The summed E-state index contributed by atoms with van der Waals surface area (Å²) in [4.78, 5) is 0. The summed E-state index contributed by atoms with van der Waals surface area (Å²) in [6.45, 7) is 1.02. The maximum atomic E-state index is 9.32. The van der Waals surface area contributed by atoms with Gasteiger partial charge in [-0.1, -0.05) is 0 Å². The van der Waals surface area contributed by atoms with Crippen molar-refractivity contribution in [3.63, 3.8) is 0 Å². The SMILES string of the molecule is Cl.OC1CCNC(C2CC2)C1. The molecule has 66 valence electrons. The molecule has 3 heteroatoms. The molecule has 1 heterocycles. The van der Waals surface area contributed by atoms with E-state index in [0.29, 0.717) is 6.04 Å². The average molecular weight is 178 g/mol. The van der Waals surface area contributed by atoms with E-state index in [-0.39, 0.29) is 18.5 Å². The quantitative estimate of drug-likeness (QED) is 0.625. The van der Waals surface area contributed by atoms with Crippen molar-refractivity contribution in [1.29, 1.82) is 0 Å². The van der Waals surface area contributed by atoms with Crippen LogP contribution in [0.3, 0.4) is 0 Å². The third kappa shape index (κ3) is 2.32. The van der Waals surface area contributed by atoms with Crippen molar-refractivity contribution in [2.75, 3.05) is 6.54 Å². The molecule has 1 aliphatic heterocycles. The van der Waals surface area contributed by atoms with Crippen molar-refractivity contribution in [3.8, 4) is 0 Å². The van der Waals surface area contributed by atoms with Crippen molar-refractivity contribution in [2.24, 2.45) is 5.92 Å². The van der Waals surface area contributed by atoms with E-state index < -0.39 is 0 Å². The van der Waals surface area contributed by atoms with E-state index in [1.54, 1.807) is 0 Å². The maximum Gasteiger partial charge on any atom is 0.0567 e. The lowest BCUT2D eigenvalue weighted by molar-refractivity contribution is 0.111. The summed E-state index contributed by atoms with van der Waals surface area (Å²) in [7, 11) is 0. The highest BCUT2D eigenvalue weighted by molar-refractivity contribution is 5.85. The second-order valence-corrected chi connectivity index (χ2v) is 3.58. The Morgan fingerprint density at radius 1 is 1.18 bits per heavy atom. The normalized spacial score (nSPS) is 37.9. The second-order valence-electron chi connectivity index (χ2n) is 3.58. The molecule has 2 fully saturated rings. The number of rotatable bonds is 1. The Bertz CT molecular complexity index is 127. The number of hydrogen-bond donors (Lipinski definition) is 2. The number of aliphatic hydroxyl groups is 1. The lowest BCUT2D eigenvalue weighted by Gasteiger charge is -2.27. The number of aliphatic hydroxyl groups excluding tert-OH is 1. The lowest BCUT2D eigenvalue weighted by atomic mass is 9.98. The van der Waals surface area contributed by atoms with Gasteiger partial charge in [0, 0.05) is 6.04 Å². The number of halogens is 1. The van der Waals surface area contributed by atoms with Crippen LogP contribution >= 0.6 is 12.4 Å². The van der Waals surface area contributed by atoms with Crippen LogP contribution in [-0.2, 0) is 0 Å². The number of piperidine rings is 1. The topological polar surface area (TPSA) is 32.3 Å². The van der Waals surface area contributed by atoms with Gasteiger partial charge in [-0.05, 0) is 38.1 Å². The Labute approximate surface area is 73.8 Å². The first kappa shape index (κ1) is 9.30. The minimum absolute atomic E-state index is 0. The monoisotopic (exact) mass is 177 g/mol. The fraction of sp³-hybridized carbons (Fsp3) is 1.00. The van der Waals surface area contributed by atoms with Gasteiger partial charge in [0.25, 0.3) is 0 Å². The van der Waals surface area contributed by atoms with Gasteiger partial charge in [-0.25, -0.2) is 0 Å². The zero-order valence-corrected chi connectivity index (χ0v) is 7.44. The van der Waals surface area contributed by atoms with Crippen molar-refractivity contribution in [2.45, 2.75) is 37.8 Å². The van der Waals surface area contributed by atoms with Crippen molar-refractivity contribution in [1.82, 2.24) is 5.32 Å². The van der Waals surface area contributed by atoms with Gasteiger partial charge in [0.1, 0.15) is 0 Å². The Hall–Kier alpha value is 0.210. The number of hydrogen-bond acceptors (Lipinski definition) is 2. The molecule has 2 rings (SSSR count). The Morgan fingerprint density at radius 2 is 1.91 bits per heavy atom. The lowest BCUT2D eigenvalue weighted by Crippen LogP contribution is -2.41. The van der Waals surface area contributed by atoms with Crippen LogP contribution in [0, 0.1) is 5.92 Å². The largest absolute Gasteiger partial charge is 0.393 e. The fourth-order valence-corrected chi connectivity index (χ4v) is 1.79. The summed E-state index contributed by atoms with van der Waals surface area (Å²) in [6.07, 6.45) is 4.68. The van der Waals surface area contributed by atoms with Crippen molar-refractivity contribution >= 4 is 12.4 Å². The molecule has 0 bridgehead atoms. The summed E-state index contributed by atoms with van der Waals surface area (Å²) in [5.74, 6) is 0.898. The zero-order chi connectivity index (χ0) is 6.97. The molecule has 0 radical (unpaired) electrons. The summed E-state index contributed by atoms with van der Waals surface area (Å²) in [5.41, 5.74) is 0. The molecule has 2 nitrogen and oxygen atoms in total. The fourth-order valence-electron chi connectivity index (χ4n) is 1.79. The Balaban J connectivity index is 0.000000605. The van der Waals surface area contributed by atoms with E-state index in [1.807, 2.05) is 0 Å². The molecular weight excluding hydrogens is 162 g/mol. The van der Waals surface area contributed by atoms with Gasteiger partial charge in [0.05, 0.1) is 6.10 Å². The van der Waals surface area contributed by atoms with Crippen molar-refractivity contribution in [3.05, 3.63) is 0 Å². The van der Waals surface area contributed by atoms with E-state index >= 15 is 0 Å². The smallest absolute Gasteiger partial charge is 0.0567 e. The van der Waals surface area contributed by atoms with Crippen LogP contribution in [0.25, 0.3) is 0 Å². The number of nitrogens with one attached hydrogen (secondary N) is 1. The molecule has 2 aliphatic rings. The van der Waals surface area contributed by atoms with Crippen LogP contribution in [0.5, 0.6) is 0 Å². The molecule has 0 aromatic heterocycles. The second kappa shape index (κ2) is 3.74. The molecule has 0 amide bonds. The Kier molecular flexibility index (Phi) is 3.16. The molecule has 11 heavy (non-hydrogen) atoms. The predicted molar refractivity (Wildman–Crippen MR) is 47.0 cm³/mol. The molecule has 1 aliphatic carbocycles. The van der Waals surface area contributed by atoms with Gasteiger partial charge in [-0.2, -0.15) is 0 Å². The molecule has 0 aromatic rings. The van der Waals surface area contributed by atoms with Gasteiger partial charge < -0.3 is 10.4 Å². The predicted octanol–water partition coefficient (Wildman–Crippen LogP) is 0.931. The van der Waals surface area contributed by atoms with E-state index in [9.17, 15) is 5.11 Å². The van der Waals surface area contributed by atoms with Crippen LogP contribution in [0.2, 0.25) is 0 Å². The minimum Gasteiger partial charge on any atom is -0.393 e. The third-order valence-electron chi connectivity index (χ3n) is 2.60. The van der Waals surface area contributed by atoms with Gasteiger partial charge >= 0.3 is 0 Å². The van der Waals surface area contributed by atoms with E-state index in [2.05, 4.69) is 5.32 Å². The molecule has 2 atom stereocenters. The third-order valence-corrected chi connectivity index (χ3v) is 2.60. The first-order valence-corrected chi connectivity index (χ1v) is 4.28. The molecule has 2 unspecified atom stereocenters. The van der Waals surface area contributed by atoms with E-state index in [4.69, 9.17) is 0 Å². The molecule has 2 N–H and O–H groups in total. The van der Waals surface area contributed by atoms with Gasteiger partial charge in [-0.15, -0.1) is 12.4 Å². The van der Waals surface area contributed by atoms with Gasteiger partial charge in [0.2, 0.25) is 0 Å². The highest BCUT2D eigenvalue weighted by Gasteiger charge is 2.33. The zero-order valence-electron chi connectivity index (χ0n) is 6.62. The van der Waals surface area contributed by atoms with Crippen LogP contribution in [0.4, 0.5) is 0 Å². The molecule has 1 saturated heterocycles. The standard InChI is InChI=1S/C8H15NO.ClH/c10-7-3-4-9-8(5-7)6-1-2-6;/h6-10H,1-5H2;1H. The van der Waals surface area contributed by atoms with Crippen LogP contribution < -0.4 is 5.32 Å². The summed E-state index contributed by atoms with van der Waals surface area (Å²) >= 11 is 0. The summed E-state index contributed by atoms with van der Waals surface area (Å²) in [5, 5.41) is 12.8. The molecule has 1 saturated carbocycles. The van der Waals surface area contributed by atoms with Gasteiger partial charge in [-0.3, -0.25) is 0 Å². The van der Waals surface area contributed by atoms with E-state index in [0.717, 1.165) is 25.3 Å².